The van der Waals surface area contributed by atoms with E-state index in [0.29, 0.717) is 0 Å². The van der Waals surface area contributed by atoms with E-state index in [0.717, 1.165) is 11.4 Å². The minimum atomic E-state index is -0.836. The van der Waals surface area contributed by atoms with Crippen LogP contribution in [0, 0.1) is 0 Å². The molecule has 4 nitrogen and oxygen atoms in total. The van der Waals surface area contributed by atoms with Crippen LogP contribution in [-0.2, 0) is 10.2 Å². The molecule has 0 aliphatic carbocycles. The molecular weight excluding hydrogens is 212 g/mol. The Morgan fingerprint density at radius 3 is 2.87 bits per heavy atom. The van der Waals surface area contributed by atoms with Gasteiger partial charge in [0.15, 0.2) is 0 Å². The molecular formula is C10H16N2O2S. The van der Waals surface area contributed by atoms with Gasteiger partial charge in [-0.3, -0.25) is 4.79 Å². The molecule has 1 heterocycles. The number of hydrogen-bond donors (Lipinski definition) is 2. The molecule has 2 unspecified atom stereocenters. The first kappa shape index (κ1) is 12.1. The van der Waals surface area contributed by atoms with Gasteiger partial charge in [-0.2, -0.15) is 0 Å². The Morgan fingerprint density at radius 2 is 2.47 bits per heavy atom. The Balaban J connectivity index is 3.01. The lowest BCUT2D eigenvalue weighted by Gasteiger charge is -2.31. The average Bonchev–Trinajstić information content (AvgIpc) is 2.68. The zero-order valence-corrected chi connectivity index (χ0v) is 9.75. The zero-order chi connectivity index (χ0) is 11.5. The quantitative estimate of drug-likeness (QED) is 0.802. The van der Waals surface area contributed by atoms with E-state index in [9.17, 15) is 4.79 Å². The van der Waals surface area contributed by atoms with Crippen LogP contribution in [0.4, 0.5) is 0 Å². The second-order valence-electron chi connectivity index (χ2n) is 3.84. The zero-order valence-electron chi connectivity index (χ0n) is 8.93. The summed E-state index contributed by atoms with van der Waals surface area (Å²) in [6.45, 7) is 3.83. The van der Waals surface area contributed by atoms with Crippen LogP contribution in [0.1, 0.15) is 31.7 Å². The Bertz CT molecular complexity index is 326. The third-order valence-electron chi connectivity index (χ3n) is 2.70. The summed E-state index contributed by atoms with van der Waals surface area (Å²) in [6.07, 6.45) is 2.45. The molecule has 0 aliphatic rings. The van der Waals surface area contributed by atoms with Crippen molar-refractivity contribution in [2.24, 2.45) is 5.73 Å². The molecule has 1 aromatic heterocycles. The number of nitrogens with two attached hydrogens (primary N) is 1. The molecule has 0 fully saturated rings. The highest BCUT2D eigenvalue weighted by atomic mass is 32.1. The Labute approximate surface area is 93.1 Å². The third-order valence-corrected chi connectivity index (χ3v) is 3.75. The van der Waals surface area contributed by atoms with Crippen molar-refractivity contribution in [1.82, 2.24) is 4.98 Å². The van der Waals surface area contributed by atoms with Gasteiger partial charge < -0.3 is 10.8 Å². The van der Waals surface area contributed by atoms with Crippen molar-refractivity contribution >= 4 is 17.3 Å². The van der Waals surface area contributed by atoms with E-state index in [1.54, 1.807) is 6.20 Å². The molecule has 1 aromatic rings. The van der Waals surface area contributed by atoms with Gasteiger partial charge >= 0.3 is 5.97 Å². The van der Waals surface area contributed by atoms with E-state index in [-0.39, 0.29) is 12.5 Å². The second kappa shape index (κ2) is 4.72. The van der Waals surface area contributed by atoms with Crippen molar-refractivity contribution in [3.63, 3.8) is 0 Å². The molecule has 0 radical (unpaired) electrons. The predicted molar refractivity (Wildman–Crippen MR) is 60.0 cm³/mol. The summed E-state index contributed by atoms with van der Waals surface area (Å²) < 4.78 is 0. The Morgan fingerprint density at radius 1 is 1.80 bits per heavy atom. The van der Waals surface area contributed by atoms with Crippen molar-refractivity contribution in [1.29, 1.82) is 0 Å². The summed E-state index contributed by atoms with van der Waals surface area (Å²) in [5, 5.41) is 11.6. The van der Waals surface area contributed by atoms with Crippen molar-refractivity contribution in [2.45, 2.75) is 38.1 Å². The van der Waals surface area contributed by atoms with Gasteiger partial charge in [-0.25, -0.2) is 4.98 Å². The van der Waals surface area contributed by atoms with Crippen LogP contribution in [0.3, 0.4) is 0 Å². The monoisotopic (exact) mass is 228 g/mol. The van der Waals surface area contributed by atoms with Crippen LogP contribution in [0.25, 0.3) is 0 Å². The summed E-state index contributed by atoms with van der Waals surface area (Å²) in [5.41, 5.74) is 5.43. The fourth-order valence-corrected chi connectivity index (χ4v) is 2.50. The van der Waals surface area contributed by atoms with Crippen LogP contribution < -0.4 is 5.73 Å². The lowest BCUT2D eigenvalue weighted by molar-refractivity contribution is -0.138. The normalized spacial score (nSPS) is 17.0. The molecule has 1 rings (SSSR count). The molecule has 0 saturated carbocycles. The van der Waals surface area contributed by atoms with Gasteiger partial charge in [0, 0.05) is 23.0 Å². The lowest BCUT2D eigenvalue weighted by atomic mass is 9.79. The number of thiazole rings is 1. The largest absolute Gasteiger partial charge is 0.481 e. The Kier molecular flexibility index (Phi) is 3.82. The molecule has 15 heavy (non-hydrogen) atoms. The highest BCUT2D eigenvalue weighted by Crippen LogP contribution is 2.33. The molecule has 0 bridgehead atoms. The second-order valence-corrected chi connectivity index (χ2v) is 4.73. The van der Waals surface area contributed by atoms with Gasteiger partial charge in [0.1, 0.15) is 5.01 Å². The van der Waals surface area contributed by atoms with Crippen LogP contribution >= 0.6 is 11.3 Å². The summed E-state index contributed by atoms with van der Waals surface area (Å²) in [6, 6.07) is -0.181. The number of carboxylic acid groups (broad SMARTS) is 1. The smallest absolute Gasteiger partial charge is 0.304 e. The minimum Gasteiger partial charge on any atom is -0.481 e. The Hall–Kier alpha value is -0.940. The molecule has 2 atom stereocenters. The topological polar surface area (TPSA) is 76.2 Å². The van der Waals surface area contributed by atoms with Crippen LogP contribution in [0.2, 0.25) is 0 Å². The third kappa shape index (κ3) is 2.54. The maximum Gasteiger partial charge on any atom is 0.304 e. The SMILES string of the molecule is CCC(N)C(C)(CC(=O)O)c1nccs1. The standard InChI is InChI=1S/C10H16N2O2S/c1-3-7(11)10(2,6-8(13)14)9-12-4-5-15-9/h4-5,7H,3,6,11H2,1-2H3,(H,13,14). The maximum absolute atomic E-state index is 10.9. The summed E-state index contributed by atoms with van der Waals surface area (Å²) in [4.78, 5) is 15.0. The van der Waals surface area contributed by atoms with E-state index in [4.69, 9.17) is 10.8 Å². The highest BCUT2D eigenvalue weighted by Gasteiger charge is 2.37. The first-order valence-electron chi connectivity index (χ1n) is 4.88. The van der Waals surface area contributed by atoms with Crippen molar-refractivity contribution < 1.29 is 9.90 Å². The van der Waals surface area contributed by atoms with E-state index in [1.807, 2.05) is 19.2 Å². The molecule has 84 valence electrons. The average molecular weight is 228 g/mol. The molecule has 5 heteroatoms. The van der Waals surface area contributed by atoms with Crippen LogP contribution in [0.15, 0.2) is 11.6 Å². The molecule has 0 saturated heterocycles. The van der Waals surface area contributed by atoms with Crippen molar-refractivity contribution in [2.75, 3.05) is 0 Å². The van der Waals surface area contributed by atoms with Crippen molar-refractivity contribution in [3.05, 3.63) is 16.6 Å². The van der Waals surface area contributed by atoms with Gasteiger partial charge in [-0.05, 0) is 6.42 Å². The number of aromatic nitrogens is 1. The number of nitrogens with zero attached hydrogens (tertiary/aromatic N) is 1. The first-order valence-corrected chi connectivity index (χ1v) is 5.76. The first-order chi connectivity index (χ1) is 7.00. The summed E-state index contributed by atoms with van der Waals surface area (Å²) >= 11 is 1.46. The van der Waals surface area contributed by atoms with E-state index < -0.39 is 11.4 Å². The molecule has 0 aromatic carbocycles. The minimum absolute atomic E-state index is 0.0233. The van der Waals surface area contributed by atoms with Crippen LogP contribution in [-0.4, -0.2) is 22.1 Å². The molecule has 0 aliphatic heterocycles. The molecule has 0 spiro atoms. The fourth-order valence-electron chi connectivity index (χ4n) is 1.64. The molecule has 0 amide bonds. The van der Waals surface area contributed by atoms with Gasteiger partial charge in [-0.15, -0.1) is 11.3 Å². The fraction of sp³-hybridized carbons (Fsp3) is 0.600. The predicted octanol–water partition coefficient (Wildman–Crippen LogP) is 1.61. The van der Waals surface area contributed by atoms with E-state index in [2.05, 4.69) is 4.98 Å². The highest BCUT2D eigenvalue weighted by molar-refractivity contribution is 7.09. The molecule has 3 N–H and O–H groups in total. The summed E-state index contributed by atoms with van der Waals surface area (Å²) in [5.74, 6) is -0.836. The van der Waals surface area contributed by atoms with E-state index in [1.165, 1.54) is 11.3 Å². The number of rotatable bonds is 5. The van der Waals surface area contributed by atoms with Gasteiger partial charge in [-0.1, -0.05) is 13.8 Å². The number of aliphatic carboxylic acids is 1. The van der Waals surface area contributed by atoms with Gasteiger partial charge in [0.25, 0.3) is 0 Å². The van der Waals surface area contributed by atoms with Crippen LogP contribution in [0.5, 0.6) is 0 Å². The van der Waals surface area contributed by atoms with Gasteiger partial charge in [0.05, 0.1) is 6.42 Å². The number of carboxylic acids is 1. The summed E-state index contributed by atoms with van der Waals surface area (Å²) in [7, 11) is 0. The van der Waals surface area contributed by atoms with Crippen molar-refractivity contribution in [3.8, 4) is 0 Å². The maximum atomic E-state index is 10.9. The number of hydrogen-bond acceptors (Lipinski definition) is 4. The van der Waals surface area contributed by atoms with Gasteiger partial charge in [0.2, 0.25) is 0 Å². The number of carbonyl (C=O) groups is 1. The van der Waals surface area contributed by atoms with E-state index >= 15 is 0 Å². The lowest BCUT2D eigenvalue weighted by Crippen LogP contribution is -2.44.